The van der Waals surface area contributed by atoms with Crippen LogP contribution in [0.15, 0.2) is 0 Å². The number of hydrogen-bond acceptors (Lipinski definition) is 3. The van der Waals surface area contributed by atoms with Crippen molar-refractivity contribution in [3.63, 3.8) is 0 Å². The molecule has 0 saturated carbocycles. The van der Waals surface area contributed by atoms with E-state index in [0.717, 1.165) is 31.7 Å². The molecule has 4 heteroatoms. The summed E-state index contributed by atoms with van der Waals surface area (Å²) in [6.45, 7) is 5.23. The fourth-order valence-corrected chi connectivity index (χ4v) is 2.41. The van der Waals surface area contributed by atoms with E-state index in [4.69, 9.17) is 5.11 Å². The molecule has 0 aromatic heterocycles. The average molecular weight is 242 g/mol. The van der Waals surface area contributed by atoms with Gasteiger partial charge in [0.25, 0.3) is 0 Å². The van der Waals surface area contributed by atoms with Gasteiger partial charge in [-0.25, -0.2) is 0 Å². The predicted molar refractivity (Wildman–Crippen MR) is 69.2 cm³/mol. The number of carboxylic acids is 1. The number of rotatable bonds is 7. The largest absolute Gasteiger partial charge is 0.480 e. The third-order valence-corrected chi connectivity index (χ3v) is 3.66. The first-order chi connectivity index (χ1) is 8.13. The van der Waals surface area contributed by atoms with Crippen LogP contribution in [0.25, 0.3) is 0 Å². The van der Waals surface area contributed by atoms with Crippen LogP contribution in [0.5, 0.6) is 0 Å². The van der Waals surface area contributed by atoms with E-state index in [1.807, 2.05) is 6.92 Å². The van der Waals surface area contributed by atoms with E-state index in [9.17, 15) is 4.79 Å². The van der Waals surface area contributed by atoms with Crippen LogP contribution in [-0.4, -0.2) is 48.7 Å². The van der Waals surface area contributed by atoms with Crippen molar-refractivity contribution in [3.05, 3.63) is 0 Å². The average Bonchev–Trinajstić information content (AvgIpc) is 2.30. The molecule has 0 amide bonds. The first-order valence-electron chi connectivity index (χ1n) is 6.78. The summed E-state index contributed by atoms with van der Waals surface area (Å²) in [5.74, 6) is 0.0602. The van der Waals surface area contributed by atoms with Crippen molar-refractivity contribution in [2.75, 3.05) is 26.7 Å². The summed E-state index contributed by atoms with van der Waals surface area (Å²) in [6.07, 6.45) is 5.26. The zero-order chi connectivity index (χ0) is 12.7. The van der Waals surface area contributed by atoms with Crippen LogP contribution >= 0.6 is 0 Å². The maximum absolute atomic E-state index is 10.9. The Morgan fingerprint density at radius 3 is 2.65 bits per heavy atom. The molecule has 4 nitrogen and oxygen atoms in total. The van der Waals surface area contributed by atoms with E-state index in [2.05, 4.69) is 17.3 Å². The van der Waals surface area contributed by atoms with Gasteiger partial charge in [-0.1, -0.05) is 13.3 Å². The molecular weight excluding hydrogens is 216 g/mol. The minimum atomic E-state index is -0.713. The Bertz CT molecular complexity index is 225. The van der Waals surface area contributed by atoms with Crippen LogP contribution in [0.2, 0.25) is 0 Å². The number of aliphatic carboxylic acids is 1. The Morgan fingerprint density at radius 1 is 1.47 bits per heavy atom. The van der Waals surface area contributed by atoms with E-state index < -0.39 is 5.97 Å². The molecule has 0 aromatic carbocycles. The highest BCUT2D eigenvalue weighted by molar-refractivity contribution is 5.73. The molecule has 1 heterocycles. The molecular formula is C13H26N2O2. The molecule has 17 heavy (non-hydrogen) atoms. The monoisotopic (exact) mass is 242 g/mol. The van der Waals surface area contributed by atoms with Crippen LogP contribution in [-0.2, 0) is 4.79 Å². The van der Waals surface area contributed by atoms with E-state index in [1.165, 1.54) is 25.9 Å². The standard InChI is InChI=1S/C13H26N2O2/c1-3-4-12(13(16)17)14-8-5-11-6-9-15(2)10-7-11/h11-12,14H,3-10H2,1-2H3,(H,16,17). The van der Waals surface area contributed by atoms with Crippen molar-refractivity contribution < 1.29 is 9.90 Å². The van der Waals surface area contributed by atoms with E-state index >= 15 is 0 Å². The van der Waals surface area contributed by atoms with Gasteiger partial charge in [0.2, 0.25) is 0 Å². The van der Waals surface area contributed by atoms with Gasteiger partial charge in [-0.3, -0.25) is 4.79 Å². The lowest BCUT2D eigenvalue weighted by atomic mass is 9.94. The van der Waals surface area contributed by atoms with Crippen LogP contribution in [0.1, 0.15) is 39.0 Å². The van der Waals surface area contributed by atoms with Gasteiger partial charge in [0.05, 0.1) is 0 Å². The van der Waals surface area contributed by atoms with Gasteiger partial charge in [-0.2, -0.15) is 0 Å². The van der Waals surface area contributed by atoms with E-state index in [1.54, 1.807) is 0 Å². The van der Waals surface area contributed by atoms with Crippen molar-refractivity contribution in [1.29, 1.82) is 0 Å². The van der Waals surface area contributed by atoms with Crippen molar-refractivity contribution >= 4 is 5.97 Å². The molecule has 0 radical (unpaired) electrons. The van der Waals surface area contributed by atoms with Gasteiger partial charge < -0.3 is 15.3 Å². The second-order valence-electron chi connectivity index (χ2n) is 5.17. The Morgan fingerprint density at radius 2 is 2.12 bits per heavy atom. The van der Waals surface area contributed by atoms with Gasteiger partial charge in [0.15, 0.2) is 0 Å². The Kier molecular flexibility index (Phi) is 6.52. The molecule has 1 unspecified atom stereocenters. The summed E-state index contributed by atoms with van der Waals surface area (Å²) < 4.78 is 0. The summed E-state index contributed by atoms with van der Waals surface area (Å²) in [5.41, 5.74) is 0. The van der Waals surface area contributed by atoms with Crippen molar-refractivity contribution in [1.82, 2.24) is 10.2 Å². The zero-order valence-electron chi connectivity index (χ0n) is 11.1. The summed E-state index contributed by atoms with van der Waals surface area (Å²) in [5, 5.41) is 12.2. The van der Waals surface area contributed by atoms with Gasteiger partial charge >= 0.3 is 5.97 Å². The molecule has 1 fully saturated rings. The maximum Gasteiger partial charge on any atom is 0.320 e. The third-order valence-electron chi connectivity index (χ3n) is 3.66. The molecule has 1 aliphatic rings. The number of carboxylic acid groups (broad SMARTS) is 1. The van der Waals surface area contributed by atoms with E-state index in [-0.39, 0.29) is 6.04 Å². The van der Waals surface area contributed by atoms with E-state index in [0.29, 0.717) is 0 Å². The highest BCUT2D eigenvalue weighted by atomic mass is 16.4. The molecule has 2 N–H and O–H groups in total. The van der Waals surface area contributed by atoms with Crippen molar-refractivity contribution in [2.45, 2.75) is 45.1 Å². The lowest BCUT2D eigenvalue weighted by Crippen LogP contribution is -2.38. The minimum Gasteiger partial charge on any atom is -0.480 e. The smallest absolute Gasteiger partial charge is 0.320 e. The van der Waals surface area contributed by atoms with Crippen LogP contribution in [0, 0.1) is 5.92 Å². The van der Waals surface area contributed by atoms with Gasteiger partial charge in [0.1, 0.15) is 6.04 Å². The summed E-state index contributed by atoms with van der Waals surface area (Å²) in [6, 6.07) is -0.355. The zero-order valence-corrected chi connectivity index (χ0v) is 11.1. The van der Waals surface area contributed by atoms with Crippen LogP contribution in [0.4, 0.5) is 0 Å². The maximum atomic E-state index is 10.9. The summed E-state index contributed by atoms with van der Waals surface area (Å²) in [7, 11) is 2.16. The number of carbonyl (C=O) groups is 1. The molecule has 0 aliphatic carbocycles. The Hall–Kier alpha value is -0.610. The molecule has 1 rings (SSSR count). The number of nitrogens with one attached hydrogen (secondary N) is 1. The Balaban J connectivity index is 2.15. The second-order valence-corrected chi connectivity index (χ2v) is 5.17. The molecule has 100 valence electrons. The highest BCUT2D eigenvalue weighted by Crippen LogP contribution is 2.18. The van der Waals surface area contributed by atoms with Gasteiger partial charge in [-0.15, -0.1) is 0 Å². The topological polar surface area (TPSA) is 52.6 Å². The number of hydrogen-bond donors (Lipinski definition) is 2. The fraction of sp³-hybridized carbons (Fsp3) is 0.923. The van der Waals surface area contributed by atoms with Gasteiger partial charge in [0, 0.05) is 0 Å². The Labute approximate surface area is 104 Å². The molecule has 1 saturated heterocycles. The summed E-state index contributed by atoms with van der Waals surface area (Å²) in [4.78, 5) is 13.3. The SMILES string of the molecule is CCCC(NCCC1CCN(C)CC1)C(=O)O. The lowest BCUT2D eigenvalue weighted by Gasteiger charge is -2.29. The highest BCUT2D eigenvalue weighted by Gasteiger charge is 2.18. The predicted octanol–water partition coefficient (Wildman–Crippen LogP) is 1.56. The summed E-state index contributed by atoms with van der Waals surface area (Å²) >= 11 is 0. The second kappa shape index (κ2) is 7.67. The number of likely N-dealkylation sites (tertiary alicyclic amines) is 1. The first-order valence-corrected chi connectivity index (χ1v) is 6.78. The van der Waals surface area contributed by atoms with Crippen LogP contribution in [0.3, 0.4) is 0 Å². The third kappa shape index (κ3) is 5.50. The van der Waals surface area contributed by atoms with Crippen LogP contribution < -0.4 is 5.32 Å². The fourth-order valence-electron chi connectivity index (χ4n) is 2.41. The quantitative estimate of drug-likeness (QED) is 0.711. The number of nitrogens with zero attached hydrogens (tertiary/aromatic N) is 1. The van der Waals surface area contributed by atoms with Crippen molar-refractivity contribution in [2.24, 2.45) is 5.92 Å². The van der Waals surface area contributed by atoms with Gasteiger partial charge in [-0.05, 0) is 58.3 Å². The molecule has 0 bridgehead atoms. The minimum absolute atomic E-state index is 0.355. The van der Waals surface area contributed by atoms with Crippen molar-refractivity contribution in [3.8, 4) is 0 Å². The number of piperidine rings is 1. The molecule has 0 aromatic rings. The first kappa shape index (κ1) is 14.5. The normalized spacial score (nSPS) is 20.4. The molecule has 0 spiro atoms. The molecule has 1 aliphatic heterocycles. The lowest BCUT2D eigenvalue weighted by molar-refractivity contribution is -0.139. The molecule has 1 atom stereocenters.